The van der Waals surface area contributed by atoms with Crippen molar-refractivity contribution < 1.29 is 13.2 Å². The fourth-order valence-corrected chi connectivity index (χ4v) is 10.5. The summed E-state index contributed by atoms with van der Waals surface area (Å²) in [7, 11) is -4.03. The van der Waals surface area contributed by atoms with Crippen molar-refractivity contribution in [3.63, 3.8) is 0 Å². The predicted molar refractivity (Wildman–Crippen MR) is 173 cm³/mol. The minimum atomic E-state index is -4.03. The molecule has 0 saturated carbocycles. The lowest BCUT2D eigenvalue weighted by atomic mass is 10.1. The van der Waals surface area contributed by atoms with Crippen molar-refractivity contribution in [2.75, 3.05) is 10.8 Å². The van der Waals surface area contributed by atoms with Gasteiger partial charge in [0.05, 0.1) is 17.1 Å². The summed E-state index contributed by atoms with van der Waals surface area (Å²) in [6.07, 6.45) is 0. The fourth-order valence-electron chi connectivity index (χ4n) is 5.10. The molecule has 5 aromatic carbocycles. The number of anilines is 1. The van der Waals surface area contributed by atoms with Gasteiger partial charge in [-0.05, 0) is 60.9 Å². The quantitative estimate of drug-likeness (QED) is 0.155. The number of para-hydroxylation sites is 1. The number of ketones is 1. The summed E-state index contributed by atoms with van der Waals surface area (Å²) in [5.74, 6) is 1.97. The van der Waals surface area contributed by atoms with Crippen molar-refractivity contribution >= 4 is 50.1 Å². The van der Waals surface area contributed by atoms with Crippen LogP contribution in [0.25, 0.3) is 0 Å². The number of Topliss-reactive ketones (excluding diaryl/α,β-unsaturated/α-hetero) is 1. The Hall–Kier alpha value is -4.18. The molecule has 0 atom stereocenters. The summed E-state index contributed by atoms with van der Waals surface area (Å²) in [5, 5.41) is 3.35. The van der Waals surface area contributed by atoms with Crippen molar-refractivity contribution in [2.24, 2.45) is 0 Å². The minimum Gasteiger partial charge on any atom is -0.294 e. The Bertz CT molecular complexity index is 1700. The lowest BCUT2D eigenvalue weighted by molar-refractivity contribution is 0.101. The van der Waals surface area contributed by atoms with Crippen LogP contribution >= 0.6 is 6.89 Å². The SMILES string of the molecule is CC(=O)c1ccccc1N(CC=P(c1ccccc1)(c1ccccc1)c1ccccc1)S(=O)(=O)c1ccc(C)cc1. The maximum absolute atomic E-state index is 14.4. The first-order valence-electron chi connectivity index (χ1n) is 13.4. The van der Waals surface area contributed by atoms with Gasteiger partial charge >= 0.3 is 0 Å². The smallest absolute Gasteiger partial charge is 0.264 e. The Morgan fingerprint density at radius 3 is 1.56 bits per heavy atom. The van der Waals surface area contributed by atoms with Gasteiger partial charge in [-0.3, -0.25) is 9.10 Å². The first kappa shape index (κ1) is 28.4. The highest BCUT2D eigenvalue weighted by Crippen LogP contribution is 2.44. The van der Waals surface area contributed by atoms with Crippen LogP contribution in [0.3, 0.4) is 0 Å². The van der Waals surface area contributed by atoms with Crippen molar-refractivity contribution in [1.82, 2.24) is 0 Å². The van der Waals surface area contributed by atoms with Crippen LogP contribution < -0.4 is 20.2 Å². The second kappa shape index (κ2) is 12.1. The van der Waals surface area contributed by atoms with Gasteiger partial charge in [0, 0.05) is 5.56 Å². The molecule has 0 radical (unpaired) electrons. The van der Waals surface area contributed by atoms with Gasteiger partial charge in [-0.25, -0.2) is 8.42 Å². The molecular weight excluding hydrogens is 545 g/mol. The molecule has 0 bridgehead atoms. The van der Waals surface area contributed by atoms with E-state index in [4.69, 9.17) is 0 Å². The van der Waals surface area contributed by atoms with E-state index < -0.39 is 16.9 Å². The number of sulfonamides is 1. The number of carbonyl (C=O) groups is 1. The molecule has 0 aliphatic heterocycles. The van der Waals surface area contributed by atoms with Gasteiger partial charge < -0.3 is 0 Å². The highest BCUT2D eigenvalue weighted by Gasteiger charge is 2.30. The van der Waals surface area contributed by atoms with Gasteiger partial charge in [0.25, 0.3) is 10.0 Å². The number of aryl methyl sites for hydroxylation is 1. The Morgan fingerprint density at radius 1 is 0.659 bits per heavy atom. The zero-order valence-electron chi connectivity index (χ0n) is 23.1. The second-order valence-electron chi connectivity index (χ2n) is 9.83. The third-order valence-electron chi connectivity index (χ3n) is 7.17. The van der Waals surface area contributed by atoms with Gasteiger partial charge in [-0.15, -0.1) is 0 Å². The highest BCUT2D eigenvalue weighted by atomic mass is 32.2. The lowest BCUT2D eigenvalue weighted by Gasteiger charge is -2.31. The maximum atomic E-state index is 14.4. The topological polar surface area (TPSA) is 54.5 Å². The van der Waals surface area contributed by atoms with Gasteiger partial charge in [0.1, 0.15) is 0 Å². The van der Waals surface area contributed by atoms with Crippen LogP contribution in [-0.4, -0.2) is 26.5 Å². The van der Waals surface area contributed by atoms with E-state index in [1.807, 2.05) is 61.5 Å². The first-order valence-corrected chi connectivity index (χ1v) is 16.7. The largest absolute Gasteiger partial charge is 0.294 e. The monoisotopic (exact) mass is 577 g/mol. The Balaban J connectivity index is 1.82. The van der Waals surface area contributed by atoms with E-state index in [1.54, 1.807) is 48.5 Å². The van der Waals surface area contributed by atoms with Gasteiger partial charge in [0.15, 0.2) is 5.78 Å². The summed E-state index contributed by atoms with van der Waals surface area (Å²) in [4.78, 5) is 12.9. The summed E-state index contributed by atoms with van der Waals surface area (Å²) < 4.78 is 30.1. The predicted octanol–water partition coefficient (Wildman–Crippen LogP) is 6.19. The van der Waals surface area contributed by atoms with Gasteiger partial charge in [0.2, 0.25) is 0 Å². The molecule has 0 aliphatic carbocycles. The summed E-state index contributed by atoms with van der Waals surface area (Å²) in [6, 6.07) is 44.6. The van der Waals surface area contributed by atoms with Crippen molar-refractivity contribution in [2.45, 2.75) is 18.7 Å². The molecule has 5 rings (SSSR count). The van der Waals surface area contributed by atoms with Crippen LogP contribution in [0.15, 0.2) is 144 Å². The van der Waals surface area contributed by atoms with E-state index in [1.165, 1.54) is 11.2 Å². The number of rotatable bonds is 9. The molecule has 0 spiro atoms. The van der Waals surface area contributed by atoms with E-state index in [9.17, 15) is 13.2 Å². The first-order chi connectivity index (χ1) is 19.8. The molecule has 0 aromatic heterocycles. The lowest BCUT2D eigenvalue weighted by Crippen LogP contribution is -2.36. The second-order valence-corrected chi connectivity index (χ2v) is 15.1. The molecule has 0 heterocycles. The molecular formula is C35H32NO3PS. The average Bonchev–Trinajstić information content (AvgIpc) is 3.01. The van der Waals surface area contributed by atoms with Crippen LogP contribution in [0.1, 0.15) is 22.8 Å². The van der Waals surface area contributed by atoms with Gasteiger partial charge in [-0.2, -0.15) is 0 Å². The molecule has 0 unspecified atom stereocenters. The summed E-state index contributed by atoms with van der Waals surface area (Å²) in [5.41, 5.74) is 1.69. The van der Waals surface area contributed by atoms with Crippen LogP contribution in [0.2, 0.25) is 0 Å². The average molecular weight is 578 g/mol. The molecule has 41 heavy (non-hydrogen) atoms. The number of benzene rings is 5. The highest BCUT2D eigenvalue weighted by molar-refractivity contribution is 7.95. The van der Waals surface area contributed by atoms with Crippen molar-refractivity contribution in [1.29, 1.82) is 0 Å². The Labute approximate surface area is 243 Å². The van der Waals surface area contributed by atoms with E-state index >= 15 is 0 Å². The molecule has 6 heteroatoms. The van der Waals surface area contributed by atoms with Crippen LogP contribution in [0, 0.1) is 6.92 Å². The van der Waals surface area contributed by atoms with Crippen LogP contribution in [-0.2, 0) is 10.0 Å². The summed E-state index contributed by atoms with van der Waals surface area (Å²) in [6.45, 7) is 1.000. The third-order valence-corrected chi connectivity index (χ3v) is 13.0. The molecule has 0 fully saturated rings. The molecule has 0 amide bonds. The molecule has 0 saturated heterocycles. The molecule has 4 nitrogen and oxygen atoms in total. The third kappa shape index (κ3) is 5.69. The number of carbonyl (C=O) groups excluding carboxylic acids is 1. The van der Waals surface area contributed by atoms with Crippen LogP contribution in [0.5, 0.6) is 0 Å². The number of hydrogen-bond donors (Lipinski definition) is 0. The molecule has 206 valence electrons. The van der Waals surface area contributed by atoms with Gasteiger partial charge in [-0.1, -0.05) is 127 Å². The molecule has 5 aromatic rings. The van der Waals surface area contributed by atoms with E-state index in [0.29, 0.717) is 11.3 Å². The maximum Gasteiger partial charge on any atom is 0.264 e. The van der Waals surface area contributed by atoms with E-state index in [0.717, 1.165) is 21.5 Å². The number of nitrogens with zero attached hydrogens (tertiary/aromatic N) is 1. The molecule has 0 aliphatic rings. The van der Waals surface area contributed by atoms with E-state index in [-0.39, 0.29) is 17.2 Å². The standard InChI is InChI=1S/C35H32NO3PS/c1-28-22-24-33(25-23-28)41(38,39)36(35-21-13-12-20-34(35)29(2)37)26-27-40(30-14-6-3-7-15-30,31-16-8-4-9-17-31)32-18-10-5-11-19-32/h3-25,27H,26H2,1-2H3. The van der Waals surface area contributed by atoms with Crippen LogP contribution in [0.4, 0.5) is 5.69 Å². The zero-order chi connectivity index (χ0) is 28.9. The fraction of sp³-hybridized carbons (Fsp3) is 0.0857. The van der Waals surface area contributed by atoms with Crippen molar-refractivity contribution in [3.05, 3.63) is 151 Å². The van der Waals surface area contributed by atoms with E-state index in [2.05, 4.69) is 42.2 Å². The minimum absolute atomic E-state index is 0.0625. The normalized spacial score (nSPS) is 11.6. The Morgan fingerprint density at radius 2 is 1.10 bits per heavy atom. The molecule has 0 N–H and O–H groups in total. The Kier molecular flexibility index (Phi) is 8.39. The number of hydrogen-bond acceptors (Lipinski definition) is 3. The van der Waals surface area contributed by atoms with Crippen molar-refractivity contribution in [3.8, 4) is 0 Å². The zero-order valence-corrected chi connectivity index (χ0v) is 24.8. The summed E-state index contributed by atoms with van der Waals surface area (Å²) >= 11 is 0.